The molecule has 4 heteroatoms. The SMILES string of the molecule is Cc1c(N)nc(C2CC2(C)C)[nH]c1=O. The fourth-order valence-electron chi connectivity index (χ4n) is 1.67. The number of hydrogen-bond acceptors (Lipinski definition) is 3. The first kappa shape index (κ1) is 9.24. The van der Waals surface area contributed by atoms with Crippen molar-refractivity contribution < 1.29 is 0 Å². The highest BCUT2D eigenvalue weighted by Gasteiger charge is 2.48. The van der Waals surface area contributed by atoms with Gasteiger partial charge in [0.05, 0.1) is 5.56 Å². The van der Waals surface area contributed by atoms with Gasteiger partial charge in [0, 0.05) is 5.92 Å². The second kappa shape index (κ2) is 2.59. The highest BCUT2D eigenvalue weighted by Crippen LogP contribution is 2.57. The minimum Gasteiger partial charge on any atom is -0.383 e. The summed E-state index contributed by atoms with van der Waals surface area (Å²) in [4.78, 5) is 18.4. The first-order chi connectivity index (χ1) is 6.42. The van der Waals surface area contributed by atoms with Gasteiger partial charge < -0.3 is 10.7 Å². The average Bonchev–Trinajstić information content (AvgIpc) is 2.70. The lowest BCUT2D eigenvalue weighted by molar-refractivity contribution is 0.607. The fourth-order valence-corrected chi connectivity index (χ4v) is 1.67. The van der Waals surface area contributed by atoms with Gasteiger partial charge in [-0.1, -0.05) is 13.8 Å². The average molecular weight is 193 g/mol. The number of aromatic amines is 1. The zero-order valence-corrected chi connectivity index (χ0v) is 8.72. The van der Waals surface area contributed by atoms with E-state index in [9.17, 15) is 4.79 Å². The van der Waals surface area contributed by atoms with Gasteiger partial charge in [-0.3, -0.25) is 4.79 Å². The number of nitrogens with zero attached hydrogens (tertiary/aromatic N) is 1. The van der Waals surface area contributed by atoms with E-state index in [1.807, 2.05) is 0 Å². The van der Waals surface area contributed by atoms with Crippen LogP contribution in [-0.4, -0.2) is 9.97 Å². The van der Waals surface area contributed by atoms with Crippen LogP contribution in [-0.2, 0) is 0 Å². The molecule has 1 aromatic heterocycles. The third-order valence-electron chi connectivity index (χ3n) is 3.05. The van der Waals surface area contributed by atoms with Crippen molar-refractivity contribution in [3.05, 3.63) is 21.7 Å². The van der Waals surface area contributed by atoms with Crippen molar-refractivity contribution in [2.75, 3.05) is 5.73 Å². The van der Waals surface area contributed by atoms with Crippen LogP contribution in [0.2, 0.25) is 0 Å². The van der Waals surface area contributed by atoms with Gasteiger partial charge in [-0.2, -0.15) is 0 Å². The predicted molar refractivity (Wildman–Crippen MR) is 55.1 cm³/mol. The maximum atomic E-state index is 11.4. The Morgan fingerprint density at radius 1 is 1.57 bits per heavy atom. The highest BCUT2D eigenvalue weighted by molar-refractivity contribution is 5.37. The number of hydrogen-bond donors (Lipinski definition) is 2. The molecule has 4 nitrogen and oxygen atoms in total. The van der Waals surface area contributed by atoms with Gasteiger partial charge in [0.15, 0.2) is 0 Å². The van der Waals surface area contributed by atoms with Gasteiger partial charge >= 0.3 is 0 Å². The largest absolute Gasteiger partial charge is 0.383 e. The third kappa shape index (κ3) is 1.31. The van der Waals surface area contributed by atoms with E-state index in [1.165, 1.54) is 0 Å². The normalized spacial score (nSPS) is 23.5. The molecule has 0 radical (unpaired) electrons. The molecule has 1 aliphatic carbocycles. The molecule has 14 heavy (non-hydrogen) atoms. The van der Waals surface area contributed by atoms with Crippen LogP contribution < -0.4 is 11.3 Å². The minimum absolute atomic E-state index is 0.116. The maximum Gasteiger partial charge on any atom is 0.255 e. The minimum atomic E-state index is -0.116. The van der Waals surface area contributed by atoms with Gasteiger partial charge in [0.1, 0.15) is 11.6 Å². The molecule has 0 aromatic carbocycles. The number of nitrogens with one attached hydrogen (secondary N) is 1. The van der Waals surface area contributed by atoms with Crippen molar-refractivity contribution in [2.45, 2.75) is 33.1 Å². The summed E-state index contributed by atoms with van der Waals surface area (Å²) in [5, 5.41) is 0. The predicted octanol–water partition coefficient (Wildman–Crippen LogP) is 1.17. The van der Waals surface area contributed by atoms with E-state index < -0.39 is 0 Å². The molecule has 0 aliphatic heterocycles. The maximum absolute atomic E-state index is 11.4. The number of aromatic nitrogens is 2. The van der Waals surface area contributed by atoms with Crippen LogP contribution in [0.4, 0.5) is 5.82 Å². The number of H-pyrrole nitrogens is 1. The van der Waals surface area contributed by atoms with Crippen molar-refractivity contribution >= 4 is 5.82 Å². The van der Waals surface area contributed by atoms with Crippen molar-refractivity contribution in [1.82, 2.24) is 9.97 Å². The molecule has 1 aromatic rings. The second-order valence-electron chi connectivity index (χ2n) is 4.71. The van der Waals surface area contributed by atoms with Crippen molar-refractivity contribution in [3.63, 3.8) is 0 Å². The molecule has 0 saturated heterocycles. The lowest BCUT2D eigenvalue weighted by Gasteiger charge is -2.05. The summed E-state index contributed by atoms with van der Waals surface area (Å²) in [6.45, 7) is 6.00. The molecule has 1 aliphatic rings. The fraction of sp³-hybridized carbons (Fsp3) is 0.600. The molecular weight excluding hydrogens is 178 g/mol. The van der Waals surface area contributed by atoms with Crippen LogP contribution in [0.1, 0.15) is 37.6 Å². The molecule has 1 saturated carbocycles. The zero-order chi connectivity index (χ0) is 10.5. The Kier molecular flexibility index (Phi) is 1.71. The Hall–Kier alpha value is -1.32. The summed E-state index contributed by atoms with van der Waals surface area (Å²) in [5.41, 5.74) is 6.30. The van der Waals surface area contributed by atoms with Gasteiger partial charge in [0.2, 0.25) is 0 Å². The Balaban J connectivity index is 2.43. The smallest absolute Gasteiger partial charge is 0.255 e. The molecule has 3 N–H and O–H groups in total. The number of nitrogen functional groups attached to an aromatic ring is 1. The van der Waals surface area contributed by atoms with Crippen molar-refractivity contribution in [1.29, 1.82) is 0 Å². The van der Waals surface area contributed by atoms with Crippen LogP contribution in [0.5, 0.6) is 0 Å². The zero-order valence-electron chi connectivity index (χ0n) is 8.72. The topological polar surface area (TPSA) is 71.8 Å². The van der Waals surface area contributed by atoms with Crippen LogP contribution in [0.15, 0.2) is 4.79 Å². The highest BCUT2D eigenvalue weighted by atomic mass is 16.1. The lowest BCUT2D eigenvalue weighted by Crippen LogP contribution is -2.17. The van der Waals surface area contributed by atoms with E-state index in [1.54, 1.807) is 6.92 Å². The summed E-state index contributed by atoms with van der Waals surface area (Å²) >= 11 is 0. The standard InChI is InChI=1S/C10H15N3O/c1-5-7(11)12-8(13-9(5)14)6-4-10(6,2)3/h6H,4H2,1-3H3,(H3,11,12,13,14). The molecule has 1 heterocycles. The summed E-state index contributed by atoms with van der Waals surface area (Å²) in [6.07, 6.45) is 1.07. The summed E-state index contributed by atoms with van der Waals surface area (Å²) in [7, 11) is 0. The van der Waals surface area contributed by atoms with Gasteiger partial charge in [-0.25, -0.2) is 4.98 Å². The summed E-state index contributed by atoms with van der Waals surface area (Å²) in [5.74, 6) is 1.45. The Morgan fingerprint density at radius 2 is 2.14 bits per heavy atom. The number of nitrogens with two attached hydrogens (primary N) is 1. The van der Waals surface area contributed by atoms with E-state index >= 15 is 0 Å². The quantitative estimate of drug-likeness (QED) is 0.703. The van der Waals surface area contributed by atoms with E-state index in [0.717, 1.165) is 12.2 Å². The molecule has 0 spiro atoms. The third-order valence-corrected chi connectivity index (χ3v) is 3.05. The summed E-state index contributed by atoms with van der Waals surface area (Å²) < 4.78 is 0. The number of anilines is 1. The Labute approximate surface area is 82.6 Å². The molecule has 2 rings (SSSR count). The number of rotatable bonds is 1. The first-order valence-corrected chi connectivity index (χ1v) is 4.78. The molecule has 1 atom stereocenters. The van der Waals surface area contributed by atoms with Crippen LogP contribution in [0.25, 0.3) is 0 Å². The van der Waals surface area contributed by atoms with Crippen molar-refractivity contribution in [3.8, 4) is 0 Å². The Bertz CT molecular complexity index is 433. The van der Waals surface area contributed by atoms with Gasteiger partial charge in [-0.05, 0) is 18.8 Å². The van der Waals surface area contributed by atoms with Crippen LogP contribution >= 0.6 is 0 Å². The lowest BCUT2D eigenvalue weighted by atomic mass is 10.1. The van der Waals surface area contributed by atoms with Gasteiger partial charge in [0.25, 0.3) is 5.56 Å². The first-order valence-electron chi connectivity index (χ1n) is 4.78. The molecule has 1 fully saturated rings. The van der Waals surface area contributed by atoms with Gasteiger partial charge in [-0.15, -0.1) is 0 Å². The molecule has 0 bridgehead atoms. The molecule has 1 unspecified atom stereocenters. The van der Waals surface area contributed by atoms with Crippen LogP contribution in [0.3, 0.4) is 0 Å². The second-order valence-corrected chi connectivity index (χ2v) is 4.71. The van der Waals surface area contributed by atoms with E-state index in [0.29, 0.717) is 17.3 Å². The van der Waals surface area contributed by atoms with E-state index in [-0.39, 0.29) is 11.0 Å². The monoisotopic (exact) mass is 193 g/mol. The van der Waals surface area contributed by atoms with E-state index in [4.69, 9.17) is 5.73 Å². The van der Waals surface area contributed by atoms with Crippen LogP contribution in [0, 0.1) is 12.3 Å². The molecule has 0 amide bonds. The van der Waals surface area contributed by atoms with E-state index in [2.05, 4.69) is 23.8 Å². The molecule has 76 valence electrons. The Morgan fingerprint density at radius 3 is 2.57 bits per heavy atom. The summed E-state index contributed by atoms with van der Waals surface area (Å²) in [6, 6.07) is 0. The van der Waals surface area contributed by atoms with Crippen molar-refractivity contribution in [2.24, 2.45) is 5.41 Å². The molecular formula is C10H15N3O.